The number of hydrogen-bond donors (Lipinski definition) is 1. The molecular formula is C23H24NO5S-. The lowest BCUT2D eigenvalue weighted by molar-refractivity contribution is -0.138. The van der Waals surface area contributed by atoms with E-state index in [1.165, 1.54) is 5.56 Å². The molecule has 0 aliphatic heterocycles. The zero-order valence-electron chi connectivity index (χ0n) is 16.6. The zero-order valence-corrected chi connectivity index (χ0v) is 17.4. The molecule has 30 heavy (non-hydrogen) atoms. The van der Waals surface area contributed by atoms with Crippen molar-refractivity contribution in [2.24, 2.45) is 0 Å². The van der Waals surface area contributed by atoms with Crippen molar-refractivity contribution in [2.75, 3.05) is 4.31 Å². The third-order valence-electron chi connectivity index (χ3n) is 5.71. The number of anilines is 1. The number of furan rings is 1. The molecular weight excluding hydrogens is 402 g/mol. The van der Waals surface area contributed by atoms with Gasteiger partial charge in [-0.2, -0.15) is 0 Å². The normalized spacial score (nSPS) is 15.5. The Morgan fingerprint density at radius 3 is 2.67 bits per heavy atom. The van der Waals surface area contributed by atoms with E-state index in [0.29, 0.717) is 24.1 Å². The Labute approximate surface area is 177 Å². The highest BCUT2D eigenvalue weighted by atomic mass is 32.2. The zero-order chi connectivity index (χ0) is 21.1. The molecule has 1 aliphatic rings. The molecule has 2 unspecified atom stereocenters. The molecule has 2 atom stereocenters. The highest BCUT2D eigenvalue weighted by molar-refractivity contribution is 7.80. The first-order valence-electron chi connectivity index (χ1n) is 10.2. The van der Waals surface area contributed by atoms with Gasteiger partial charge in [0.05, 0.1) is 5.69 Å². The van der Waals surface area contributed by atoms with E-state index in [-0.39, 0.29) is 6.42 Å². The Morgan fingerprint density at radius 2 is 1.93 bits per heavy atom. The summed E-state index contributed by atoms with van der Waals surface area (Å²) in [4.78, 5) is 11.9. The highest BCUT2D eigenvalue weighted by Gasteiger charge is 2.28. The fourth-order valence-corrected chi connectivity index (χ4v) is 4.93. The van der Waals surface area contributed by atoms with Gasteiger partial charge in [-0.15, -0.1) is 0 Å². The monoisotopic (exact) mass is 426 g/mol. The van der Waals surface area contributed by atoms with Gasteiger partial charge in [0.1, 0.15) is 17.4 Å². The van der Waals surface area contributed by atoms with Crippen LogP contribution in [0.2, 0.25) is 0 Å². The maximum Gasteiger partial charge on any atom is 0.327 e. The molecule has 3 aromatic rings. The van der Waals surface area contributed by atoms with Crippen molar-refractivity contribution >= 4 is 33.9 Å². The average molecular weight is 427 g/mol. The number of nitrogens with zero attached hydrogens (tertiary/aromatic N) is 1. The summed E-state index contributed by atoms with van der Waals surface area (Å²) < 4.78 is 31.0. The predicted molar refractivity (Wildman–Crippen MR) is 115 cm³/mol. The number of benzene rings is 2. The lowest BCUT2D eigenvalue weighted by Gasteiger charge is -2.32. The van der Waals surface area contributed by atoms with Gasteiger partial charge in [-0.3, -0.25) is 8.51 Å². The second-order valence-corrected chi connectivity index (χ2v) is 8.49. The Bertz CT molecular complexity index is 1060. The van der Waals surface area contributed by atoms with Crippen molar-refractivity contribution in [1.82, 2.24) is 0 Å². The molecule has 0 saturated carbocycles. The van der Waals surface area contributed by atoms with E-state index in [9.17, 15) is 18.7 Å². The van der Waals surface area contributed by atoms with Crippen LogP contribution in [0.5, 0.6) is 0 Å². The predicted octanol–water partition coefficient (Wildman–Crippen LogP) is 4.39. The molecule has 0 amide bonds. The molecule has 1 aromatic heterocycles. The van der Waals surface area contributed by atoms with Gasteiger partial charge in [0.2, 0.25) is 0 Å². The number of carboxylic acid groups (broad SMARTS) is 1. The summed E-state index contributed by atoms with van der Waals surface area (Å²) in [6.07, 6.45) is 5.50. The van der Waals surface area contributed by atoms with Crippen molar-refractivity contribution in [1.29, 1.82) is 0 Å². The van der Waals surface area contributed by atoms with Gasteiger partial charge in [0.15, 0.2) is 0 Å². The van der Waals surface area contributed by atoms with Crippen molar-refractivity contribution in [2.45, 2.75) is 51.0 Å². The largest absolute Gasteiger partial charge is 0.755 e. The topological polar surface area (TPSA) is 93.8 Å². The first-order valence-corrected chi connectivity index (χ1v) is 11.3. The summed E-state index contributed by atoms with van der Waals surface area (Å²) >= 11 is -2.72. The van der Waals surface area contributed by atoms with Crippen LogP contribution in [0.3, 0.4) is 0 Å². The van der Waals surface area contributed by atoms with E-state index in [1.54, 1.807) is 12.1 Å². The van der Waals surface area contributed by atoms with Crippen LogP contribution < -0.4 is 4.31 Å². The van der Waals surface area contributed by atoms with Crippen LogP contribution in [0, 0.1) is 0 Å². The molecule has 2 aromatic carbocycles. The number of rotatable bonds is 8. The molecule has 158 valence electrons. The SMILES string of the molecule is O=C(O)C(CCCc1ccccc1)N(c1ccc2c3c(oc2c1)CCCC3)S(=O)[O-]. The van der Waals surface area contributed by atoms with Crippen molar-refractivity contribution in [3.63, 3.8) is 0 Å². The first kappa shape index (κ1) is 20.6. The molecule has 0 bridgehead atoms. The number of hydrogen-bond acceptors (Lipinski definition) is 4. The van der Waals surface area contributed by atoms with Crippen molar-refractivity contribution < 1.29 is 23.1 Å². The fraction of sp³-hybridized carbons (Fsp3) is 0.348. The van der Waals surface area contributed by atoms with Crippen LogP contribution in [0.1, 0.15) is 42.6 Å². The maximum absolute atomic E-state index is 12.0. The van der Waals surface area contributed by atoms with Crippen LogP contribution in [-0.2, 0) is 35.3 Å². The van der Waals surface area contributed by atoms with Gasteiger partial charge in [-0.1, -0.05) is 30.3 Å². The number of carboxylic acids is 1. The quantitative estimate of drug-likeness (QED) is 0.539. The maximum atomic E-state index is 12.0. The van der Waals surface area contributed by atoms with Crippen LogP contribution >= 0.6 is 0 Å². The summed E-state index contributed by atoms with van der Waals surface area (Å²) in [6.45, 7) is 0. The molecule has 0 radical (unpaired) electrons. The minimum Gasteiger partial charge on any atom is -0.755 e. The van der Waals surface area contributed by atoms with E-state index in [0.717, 1.165) is 46.7 Å². The number of aliphatic carboxylic acids is 1. The smallest absolute Gasteiger partial charge is 0.327 e. The fourth-order valence-electron chi connectivity index (χ4n) is 4.24. The van der Waals surface area contributed by atoms with Gasteiger partial charge >= 0.3 is 5.97 Å². The Morgan fingerprint density at radius 1 is 1.17 bits per heavy atom. The molecule has 0 spiro atoms. The Hall–Kier alpha value is -2.64. The lowest BCUT2D eigenvalue weighted by Crippen LogP contribution is -2.42. The lowest BCUT2D eigenvalue weighted by atomic mass is 9.96. The van der Waals surface area contributed by atoms with Gasteiger partial charge in [0, 0.05) is 34.7 Å². The summed E-state index contributed by atoms with van der Waals surface area (Å²) in [5.41, 5.74) is 3.21. The molecule has 0 saturated heterocycles. The molecule has 7 heteroatoms. The molecule has 4 rings (SSSR count). The summed E-state index contributed by atoms with van der Waals surface area (Å²) in [6, 6.07) is 13.7. The second-order valence-electron chi connectivity index (χ2n) is 7.67. The summed E-state index contributed by atoms with van der Waals surface area (Å²) in [5.74, 6) is -0.202. The third-order valence-corrected chi connectivity index (χ3v) is 6.50. The number of carbonyl (C=O) groups is 1. The summed E-state index contributed by atoms with van der Waals surface area (Å²) in [7, 11) is 0. The van der Waals surface area contributed by atoms with Crippen LogP contribution in [-0.4, -0.2) is 25.9 Å². The van der Waals surface area contributed by atoms with Crippen LogP contribution in [0.25, 0.3) is 11.0 Å². The van der Waals surface area contributed by atoms with Gasteiger partial charge in [-0.25, -0.2) is 4.79 Å². The van der Waals surface area contributed by atoms with Crippen molar-refractivity contribution in [3.8, 4) is 0 Å². The first-order chi connectivity index (χ1) is 14.5. The van der Waals surface area contributed by atoms with Crippen molar-refractivity contribution in [3.05, 3.63) is 65.4 Å². The number of aryl methyl sites for hydroxylation is 3. The summed E-state index contributed by atoms with van der Waals surface area (Å²) in [5, 5.41) is 10.7. The second kappa shape index (κ2) is 9.02. The number of fused-ring (bicyclic) bond motifs is 3. The molecule has 6 nitrogen and oxygen atoms in total. The minimum atomic E-state index is -2.72. The van der Waals surface area contributed by atoms with E-state index in [4.69, 9.17) is 4.42 Å². The average Bonchev–Trinajstić information content (AvgIpc) is 3.11. The Balaban J connectivity index is 1.59. The van der Waals surface area contributed by atoms with Crippen LogP contribution in [0.4, 0.5) is 5.69 Å². The van der Waals surface area contributed by atoms with E-state index in [1.807, 2.05) is 36.4 Å². The Kier molecular flexibility index (Phi) is 6.20. The molecule has 1 N–H and O–H groups in total. The molecule has 0 fully saturated rings. The third kappa shape index (κ3) is 4.27. The molecule has 1 aliphatic carbocycles. The molecule has 1 heterocycles. The highest BCUT2D eigenvalue weighted by Crippen LogP contribution is 2.35. The van der Waals surface area contributed by atoms with E-state index < -0.39 is 23.3 Å². The standard InChI is InChI=1S/C23H25NO5S/c25-23(26)20(11-6-9-16-7-2-1-3-8-16)24(30(27)28)17-13-14-19-18-10-4-5-12-21(18)29-22(19)15-17/h1-3,7-8,13-15,20H,4-6,9-12H2,(H,25,26)(H,27,28)/p-1. The van der Waals surface area contributed by atoms with E-state index >= 15 is 0 Å². The minimum absolute atomic E-state index is 0.213. The van der Waals surface area contributed by atoms with Gasteiger partial charge in [-0.05, 0) is 56.2 Å². The van der Waals surface area contributed by atoms with E-state index in [2.05, 4.69) is 0 Å². The van der Waals surface area contributed by atoms with Crippen LogP contribution in [0.15, 0.2) is 52.9 Å². The van der Waals surface area contributed by atoms with Gasteiger partial charge in [0.25, 0.3) is 0 Å². The van der Waals surface area contributed by atoms with Gasteiger partial charge < -0.3 is 14.1 Å².